The number of fused-ring (bicyclic) bond motifs is 1. The van der Waals surface area contributed by atoms with Crippen LogP contribution in [0.5, 0.6) is 0 Å². The molecule has 2 unspecified atom stereocenters. The van der Waals surface area contributed by atoms with Gasteiger partial charge in [0, 0.05) is 23.6 Å². The van der Waals surface area contributed by atoms with E-state index < -0.39 is 0 Å². The minimum Gasteiger partial charge on any atom is -0.336 e. The summed E-state index contributed by atoms with van der Waals surface area (Å²) in [6.45, 7) is 5.41. The lowest BCUT2D eigenvalue weighted by Crippen LogP contribution is -2.51. The summed E-state index contributed by atoms with van der Waals surface area (Å²) in [5.41, 5.74) is 0. The molecule has 2 amide bonds. The molecule has 4 nitrogen and oxygen atoms in total. The number of hydrogen-bond acceptors (Lipinski definition) is 4. The van der Waals surface area contributed by atoms with Crippen molar-refractivity contribution >= 4 is 34.9 Å². The molecule has 2 fully saturated rings. The van der Waals surface area contributed by atoms with Gasteiger partial charge in [0.15, 0.2) is 0 Å². The Balaban J connectivity index is 1.76. The number of likely N-dealkylation sites (N-methyl/N-ethyl adjacent to an activating group) is 1. The van der Waals surface area contributed by atoms with Crippen molar-refractivity contribution in [3.8, 4) is 0 Å². The van der Waals surface area contributed by atoms with Crippen molar-refractivity contribution in [3.63, 3.8) is 0 Å². The molecular formula is C15H20N2O2S2. The van der Waals surface area contributed by atoms with Crippen LogP contribution >= 0.6 is 23.1 Å². The van der Waals surface area contributed by atoms with Gasteiger partial charge in [0.1, 0.15) is 6.04 Å². The monoisotopic (exact) mass is 324 g/mol. The number of rotatable bonds is 4. The summed E-state index contributed by atoms with van der Waals surface area (Å²) in [5, 5.41) is 2.03. The van der Waals surface area contributed by atoms with Gasteiger partial charge >= 0.3 is 0 Å². The number of amides is 2. The van der Waals surface area contributed by atoms with Crippen molar-refractivity contribution in [2.24, 2.45) is 0 Å². The van der Waals surface area contributed by atoms with Gasteiger partial charge in [0.05, 0.1) is 11.4 Å². The van der Waals surface area contributed by atoms with Gasteiger partial charge in [-0.2, -0.15) is 0 Å². The van der Waals surface area contributed by atoms with Crippen LogP contribution in [-0.2, 0) is 16.1 Å². The summed E-state index contributed by atoms with van der Waals surface area (Å²) >= 11 is 3.42. The van der Waals surface area contributed by atoms with Crippen molar-refractivity contribution in [1.82, 2.24) is 9.80 Å². The van der Waals surface area contributed by atoms with E-state index in [1.54, 1.807) is 23.1 Å². The predicted octanol–water partition coefficient (Wildman–Crippen LogP) is 2.55. The summed E-state index contributed by atoms with van der Waals surface area (Å²) in [4.78, 5) is 29.7. The number of hydrogen-bond donors (Lipinski definition) is 0. The van der Waals surface area contributed by atoms with E-state index in [9.17, 15) is 9.59 Å². The molecule has 0 aromatic carbocycles. The molecule has 2 saturated heterocycles. The van der Waals surface area contributed by atoms with E-state index in [0.29, 0.717) is 19.5 Å². The Morgan fingerprint density at radius 1 is 1.57 bits per heavy atom. The fraction of sp³-hybridized carbons (Fsp3) is 0.600. The lowest BCUT2D eigenvalue weighted by Gasteiger charge is -2.32. The zero-order chi connectivity index (χ0) is 15.0. The lowest BCUT2D eigenvalue weighted by atomic mass is 10.2. The fourth-order valence-corrected chi connectivity index (χ4v) is 5.29. The Labute approximate surface area is 133 Å². The maximum Gasteiger partial charge on any atom is 0.246 e. The fourth-order valence-electron chi connectivity index (χ4n) is 3.15. The highest BCUT2D eigenvalue weighted by Crippen LogP contribution is 2.47. The van der Waals surface area contributed by atoms with Gasteiger partial charge in [0.2, 0.25) is 11.8 Å². The molecule has 2 aliphatic rings. The van der Waals surface area contributed by atoms with Gasteiger partial charge < -0.3 is 9.80 Å². The van der Waals surface area contributed by atoms with Crippen molar-refractivity contribution in [1.29, 1.82) is 0 Å². The third-order valence-electron chi connectivity index (χ3n) is 4.35. The largest absolute Gasteiger partial charge is 0.336 e. The molecule has 0 bridgehead atoms. The number of carbonyl (C=O) groups is 2. The second-order valence-corrected chi connectivity index (χ2v) is 8.23. The van der Waals surface area contributed by atoms with Crippen LogP contribution < -0.4 is 0 Å². The molecule has 2 atom stereocenters. The second kappa shape index (κ2) is 5.65. The van der Waals surface area contributed by atoms with Crippen LogP contribution in [0.3, 0.4) is 0 Å². The highest BCUT2D eigenvalue weighted by Gasteiger charge is 2.53. The average Bonchev–Trinajstić information content (AvgIpc) is 3.14. The van der Waals surface area contributed by atoms with E-state index >= 15 is 0 Å². The predicted molar refractivity (Wildman–Crippen MR) is 86.1 cm³/mol. The van der Waals surface area contributed by atoms with E-state index in [4.69, 9.17) is 0 Å². The van der Waals surface area contributed by atoms with Gasteiger partial charge in [-0.15, -0.1) is 23.1 Å². The van der Waals surface area contributed by atoms with Crippen LogP contribution in [0.1, 0.15) is 31.6 Å². The summed E-state index contributed by atoms with van der Waals surface area (Å²) in [5.74, 6) is 0.951. The maximum atomic E-state index is 12.9. The Morgan fingerprint density at radius 2 is 2.38 bits per heavy atom. The zero-order valence-electron chi connectivity index (χ0n) is 12.4. The van der Waals surface area contributed by atoms with Crippen molar-refractivity contribution in [2.75, 3.05) is 12.3 Å². The number of nitrogens with zero attached hydrogens (tertiary/aromatic N) is 2. The molecule has 6 heteroatoms. The Morgan fingerprint density at radius 3 is 3.05 bits per heavy atom. The Hall–Kier alpha value is -1.01. The highest BCUT2D eigenvalue weighted by atomic mass is 32.2. The minimum absolute atomic E-state index is 0.0948. The summed E-state index contributed by atoms with van der Waals surface area (Å²) in [6, 6.07) is 3.77. The maximum absolute atomic E-state index is 12.9. The van der Waals surface area contributed by atoms with Crippen LogP contribution in [0.25, 0.3) is 0 Å². The van der Waals surface area contributed by atoms with Crippen LogP contribution in [-0.4, -0.2) is 44.8 Å². The van der Waals surface area contributed by atoms with Crippen molar-refractivity contribution in [2.45, 2.75) is 44.1 Å². The average molecular weight is 324 g/mol. The Kier molecular flexibility index (Phi) is 4.01. The lowest BCUT2D eigenvalue weighted by molar-refractivity contribution is -0.144. The first-order chi connectivity index (χ1) is 10.0. The molecule has 2 aliphatic heterocycles. The van der Waals surface area contributed by atoms with E-state index in [0.717, 1.165) is 12.2 Å². The molecule has 21 heavy (non-hydrogen) atoms. The highest BCUT2D eigenvalue weighted by molar-refractivity contribution is 8.01. The van der Waals surface area contributed by atoms with Crippen molar-refractivity contribution in [3.05, 3.63) is 22.4 Å². The van der Waals surface area contributed by atoms with Crippen LogP contribution in [0.4, 0.5) is 0 Å². The molecule has 3 rings (SSSR count). The third-order valence-corrected chi connectivity index (χ3v) is 6.72. The molecule has 0 saturated carbocycles. The molecular weight excluding hydrogens is 304 g/mol. The number of thioether (sulfide) groups is 1. The second-order valence-electron chi connectivity index (χ2n) is 5.70. The molecule has 3 heterocycles. The topological polar surface area (TPSA) is 40.6 Å². The minimum atomic E-state index is -0.282. The van der Waals surface area contributed by atoms with Gasteiger partial charge in [-0.25, -0.2) is 0 Å². The SMILES string of the molecule is CCN(Cc1cccs1)C(=O)C1CSC2(C)CCC(=O)N12. The molecule has 0 radical (unpaired) electrons. The Bertz CT molecular complexity index is 546. The summed E-state index contributed by atoms with van der Waals surface area (Å²) in [7, 11) is 0. The molecule has 1 aromatic heterocycles. The van der Waals surface area contributed by atoms with E-state index in [1.165, 1.54) is 4.88 Å². The molecule has 114 valence electrons. The van der Waals surface area contributed by atoms with Gasteiger partial charge in [-0.1, -0.05) is 6.07 Å². The standard InChI is InChI=1S/C15H20N2O2S2/c1-3-16(9-11-5-4-8-20-11)14(19)12-10-21-15(2)7-6-13(18)17(12)15/h4-5,8,12H,3,6-7,9-10H2,1-2H3. The van der Waals surface area contributed by atoms with Crippen LogP contribution in [0.15, 0.2) is 17.5 Å². The molecule has 1 aromatic rings. The number of thiophene rings is 1. The smallest absolute Gasteiger partial charge is 0.246 e. The van der Waals surface area contributed by atoms with Crippen LogP contribution in [0.2, 0.25) is 0 Å². The molecule has 0 spiro atoms. The molecule has 0 aliphatic carbocycles. The van der Waals surface area contributed by atoms with Gasteiger partial charge in [-0.05, 0) is 31.7 Å². The van der Waals surface area contributed by atoms with Gasteiger partial charge in [-0.3, -0.25) is 9.59 Å². The first kappa shape index (κ1) is 14.9. The molecule has 0 N–H and O–H groups in total. The zero-order valence-corrected chi connectivity index (χ0v) is 14.0. The quantitative estimate of drug-likeness (QED) is 0.854. The van der Waals surface area contributed by atoms with Crippen molar-refractivity contribution < 1.29 is 9.59 Å². The summed E-state index contributed by atoms with van der Waals surface area (Å²) < 4.78 is 0. The normalized spacial score (nSPS) is 28.0. The summed E-state index contributed by atoms with van der Waals surface area (Å²) in [6.07, 6.45) is 1.43. The third kappa shape index (κ3) is 2.59. The van der Waals surface area contributed by atoms with E-state index in [1.807, 2.05) is 28.2 Å². The van der Waals surface area contributed by atoms with E-state index in [-0.39, 0.29) is 22.7 Å². The van der Waals surface area contributed by atoms with Crippen LogP contribution in [0, 0.1) is 0 Å². The van der Waals surface area contributed by atoms with E-state index in [2.05, 4.69) is 13.0 Å². The number of carbonyl (C=O) groups excluding carboxylic acids is 2. The first-order valence-corrected chi connectivity index (χ1v) is 9.19. The first-order valence-electron chi connectivity index (χ1n) is 7.32. The van der Waals surface area contributed by atoms with Gasteiger partial charge in [0.25, 0.3) is 0 Å².